The first-order valence-corrected chi connectivity index (χ1v) is 6.13. The molecule has 1 fully saturated rings. The monoisotopic (exact) mass is 266 g/mol. The second-order valence-electron chi connectivity index (χ2n) is 4.44. The fraction of sp³-hybridized carbons (Fsp3) is 0.583. The van der Waals surface area contributed by atoms with E-state index in [9.17, 15) is 4.79 Å². The number of aromatic nitrogens is 2. The number of hydrogen-bond acceptors (Lipinski definition) is 7. The van der Waals surface area contributed by atoms with Gasteiger partial charge in [-0.15, -0.1) is 0 Å². The van der Waals surface area contributed by atoms with E-state index in [2.05, 4.69) is 14.7 Å². The van der Waals surface area contributed by atoms with E-state index in [1.807, 2.05) is 17.9 Å². The molecule has 104 valence electrons. The van der Waals surface area contributed by atoms with Gasteiger partial charge in [-0.1, -0.05) is 0 Å². The van der Waals surface area contributed by atoms with Crippen LogP contribution in [0.4, 0.5) is 11.8 Å². The highest BCUT2D eigenvalue weighted by Gasteiger charge is 2.24. The molecular weight excluding hydrogens is 248 g/mol. The van der Waals surface area contributed by atoms with Crippen molar-refractivity contribution in [3.8, 4) is 0 Å². The van der Waals surface area contributed by atoms with Gasteiger partial charge in [0.15, 0.2) is 0 Å². The largest absolute Gasteiger partial charge is 0.469 e. The van der Waals surface area contributed by atoms with Crippen LogP contribution in [-0.4, -0.2) is 48.8 Å². The van der Waals surface area contributed by atoms with Crippen LogP contribution in [0.5, 0.6) is 0 Å². The molecule has 0 radical (unpaired) electrons. The second kappa shape index (κ2) is 5.83. The highest BCUT2D eigenvalue weighted by atomic mass is 16.5. The van der Waals surface area contributed by atoms with Gasteiger partial charge in [-0.05, 0) is 6.92 Å². The summed E-state index contributed by atoms with van der Waals surface area (Å²) in [6, 6.07) is 1.87. The molecule has 2 rings (SSSR count). The van der Waals surface area contributed by atoms with Gasteiger partial charge in [-0.25, -0.2) is 4.98 Å². The van der Waals surface area contributed by atoms with Crippen molar-refractivity contribution in [2.45, 2.75) is 19.4 Å². The number of anilines is 2. The minimum absolute atomic E-state index is 0.183. The molecule has 1 aromatic rings. The van der Waals surface area contributed by atoms with E-state index < -0.39 is 0 Å². The maximum absolute atomic E-state index is 11.3. The minimum Gasteiger partial charge on any atom is -0.469 e. The minimum atomic E-state index is -0.273. The lowest BCUT2D eigenvalue weighted by atomic mass is 10.2. The van der Waals surface area contributed by atoms with Gasteiger partial charge in [-0.2, -0.15) is 4.98 Å². The number of nitrogens with two attached hydrogens (primary N) is 1. The molecule has 0 amide bonds. The molecule has 1 saturated heterocycles. The molecule has 0 aliphatic carbocycles. The van der Waals surface area contributed by atoms with Gasteiger partial charge >= 0.3 is 5.97 Å². The fourth-order valence-electron chi connectivity index (χ4n) is 2.06. The number of methoxy groups -OCH3 is 1. The standard InChI is InChI=1S/C12H18N4O3/c1-8-5-10(15-12(13)14-8)16-3-4-19-9(7-16)6-11(17)18-2/h5,9H,3-4,6-7H2,1-2H3,(H2,13,14,15). The van der Waals surface area contributed by atoms with Gasteiger partial charge in [0.2, 0.25) is 5.95 Å². The zero-order valence-corrected chi connectivity index (χ0v) is 11.1. The Kier molecular flexibility index (Phi) is 4.16. The molecule has 19 heavy (non-hydrogen) atoms. The Morgan fingerprint density at radius 1 is 1.63 bits per heavy atom. The predicted molar refractivity (Wildman–Crippen MR) is 69.8 cm³/mol. The zero-order chi connectivity index (χ0) is 13.8. The first-order valence-electron chi connectivity index (χ1n) is 6.13. The lowest BCUT2D eigenvalue weighted by molar-refractivity contribution is -0.144. The highest BCUT2D eigenvalue weighted by molar-refractivity contribution is 5.69. The number of rotatable bonds is 3. The SMILES string of the molecule is COC(=O)CC1CN(c2cc(C)nc(N)n2)CCO1. The summed E-state index contributed by atoms with van der Waals surface area (Å²) in [4.78, 5) is 21.6. The van der Waals surface area contributed by atoms with Crippen LogP contribution in [0.15, 0.2) is 6.07 Å². The maximum Gasteiger partial charge on any atom is 0.308 e. The van der Waals surface area contributed by atoms with Gasteiger partial charge < -0.3 is 20.1 Å². The van der Waals surface area contributed by atoms with Gasteiger partial charge in [0.05, 0.1) is 26.2 Å². The number of carbonyl (C=O) groups is 1. The maximum atomic E-state index is 11.3. The number of carbonyl (C=O) groups excluding carboxylic acids is 1. The molecule has 2 heterocycles. The average molecular weight is 266 g/mol. The first kappa shape index (κ1) is 13.5. The Labute approximate surface area is 111 Å². The van der Waals surface area contributed by atoms with Crippen molar-refractivity contribution >= 4 is 17.7 Å². The quantitative estimate of drug-likeness (QED) is 0.778. The summed E-state index contributed by atoms with van der Waals surface area (Å²) in [7, 11) is 1.37. The van der Waals surface area contributed by atoms with Crippen molar-refractivity contribution in [2.24, 2.45) is 0 Å². The van der Waals surface area contributed by atoms with Crippen LogP contribution in [0.1, 0.15) is 12.1 Å². The van der Waals surface area contributed by atoms with Gasteiger partial charge in [0.1, 0.15) is 5.82 Å². The predicted octanol–water partition coefficient (Wildman–Crippen LogP) is 0.136. The Balaban J connectivity index is 2.06. The molecular formula is C12H18N4O3. The summed E-state index contributed by atoms with van der Waals surface area (Å²) in [5, 5.41) is 0. The molecule has 1 atom stereocenters. The summed E-state index contributed by atoms with van der Waals surface area (Å²) in [5.41, 5.74) is 6.47. The van der Waals surface area contributed by atoms with Gasteiger partial charge in [-0.3, -0.25) is 4.79 Å². The van der Waals surface area contributed by atoms with E-state index in [4.69, 9.17) is 10.5 Å². The number of esters is 1. The second-order valence-corrected chi connectivity index (χ2v) is 4.44. The molecule has 0 aromatic carbocycles. The molecule has 0 spiro atoms. The summed E-state index contributed by atoms with van der Waals surface area (Å²) < 4.78 is 10.2. The molecule has 1 aliphatic heterocycles. The molecule has 7 nitrogen and oxygen atoms in total. The third-order valence-corrected chi connectivity index (χ3v) is 2.94. The van der Waals surface area contributed by atoms with E-state index in [0.717, 1.165) is 11.5 Å². The number of aryl methyl sites for hydroxylation is 1. The molecule has 1 aliphatic rings. The van der Waals surface area contributed by atoms with E-state index in [1.165, 1.54) is 7.11 Å². The summed E-state index contributed by atoms with van der Waals surface area (Å²) in [6.45, 7) is 3.72. The van der Waals surface area contributed by atoms with E-state index >= 15 is 0 Å². The van der Waals surface area contributed by atoms with Crippen molar-refractivity contribution in [3.63, 3.8) is 0 Å². The van der Waals surface area contributed by atoms with Crippen LogP contribution >= 0.6 is 0 Å². The number of nitrogens with zero attached hydrogens (tertiary/aromatic N) is 3. The van der Waals surface area contributed by atoms with Crippen LogP contribution in [-0.2, 0) is 14.3 Å². The molecule has 2 N–H and O–H groups in total. The first-order chi connectivity index (χ1) is 9.08. The third kappa shape index (κ3) is 3.54. The number of morpholine rings is 1. The lowest BCUT2D eigenvalue weighted by Crippen LogP contribution is -2.44. The van der Waals surface area contributed by atoms with E-state index in [-0.39, 0.29) is 24.4 Å². The van der Waals surface area contributed by atoms with Crippen molar-refractivity contribution in [2.75, 3.05) is 37.4 Å². The molecule has 1 aromatic heterocycles. The van der Waals surface area contributed by atoms with Crippen LogP contribution in [0.2, 0.25) is 0 Å². The number of hydrogen-bond donors (Lipinski definition) is 1. The van der Waals surface area contributed by atoms with Crippen molar-refractivity contribution in [1.82, 2.24) is 9.97 Å². The van der Waals surface area contributed by atoms with Crippen LogP contribution in [0.25, 0.3) is 0 Å². The van der Waals surface area contributed by atoms with Crippen LogP contribution in [0.3, 0.4) is 0 Å². The van der Waals surface area contributed by atoms with Crippen LogP contribution < -0.4 is 10.6 Å². The van der Waals surface area contributed by atoms with Gasteiger partial charge in [0.25, 0.3) is 0 Å². The summed E-state index contributed by atoms with van der Waals surface area (Å²) in [5.74, 6) is 0.749. The summed E-state index contributed by atoms with van der Waals surface area (Å²) in [6.07, 6.45) is 0.0599. The molecule has 0 saturated carbocycles. The Morgan fingerprint density at radius 2 is 2.42 bits per heavy atom. The Hall–Kier alpha value is -1.89. The van der Waals surface area contributed by atoms with Crippen molar-refractivity contribution < 1.29 is 14.3 Å². The molecule has 7 heteroatoms. The van der Waals surface area contributed by atoms with Crippen molar-refractivity contribution in [1.29, 1.82) is 0 Å². The van der Waals surface area contributed by atoms with E-state index in [1.54, 1.807) is 0 Å². The topological polar surface area (TPSA) is 90.6 Å². The van der Waals surface area contributed by atoms with E-state index in [0.29, 0.717) is 19.7 Å². The normalized spacial score (nSPS) is 19.3. The lowest BCUT2D eigenvalue weighted by Gasteiger charge is -2.33. The van der Waals surface area contributed by atoms with Crippen LogP contribution in [0, 0.1) is 6.92 Å². The third-order valence-electron chi connectivity index (χ3n) is 2.94. The average Bonchev–Trinajstić information content (AvgIpc) is 2.38. The van der Waals surface area contributed by atoms with Crippen molar-refractivity contribution in [3.05, 3.63) is 11.8 Å². The smallest absolute Gasteiger partial charge is 0.308 e. The fourth-order valence-corrected chi connectivity index (χ4v) is 2.06. The highest BCUT2D eigenvalue weighted by Crippen LogP contribution is 2.18. The number of ether oxygens (including phenoxy) is 2. The summed E-state index contributed by atoms with van der Waals surface area (Å²) >= 11 is 0. The molecule has 1 unspecified atom stereocenters. The zero-order valence-electron chi connectivity index (χ0n) is 11.1. The van der Waals surface area contributed by atoms with Gasteiger partial charge in [0, 0.05) is 24.8 Å². The Morgan fingerprint density at radius 3 is 3.11 bits per heavy atom. The molecule has 0 bridgehead atoms. The Bertz CT molecular complexity index is 446. The number of nitrogen functional groups attached to an aromatic ring is 1.